The van der Waals surface area contributed by atoms with Crippen LogP contribution in [0.2, 0.25) is 0 Å². The Morgan fingerprint density at radius 2 is 1.08 bits per heavy atom. The molecule has 0 bridgehead atoms. The number of hydrogen-bond acceptors (Lipinski definition) is 13. The van der Waals surface area contributed by atoms with Crippen LogP contribution >= 0.6 is 0 Å². The summed E-state index contributed by atoms with van der Waals surface area (Å²) >= 11 is 0. The van der Waals surface area contributed by atoms with Crippen molar-refractivity contribution in [2.24, 2.45) is 0 Å². The molecule has 7 rings (SSSR count). The van der Waals surface area contributed by atoms with Gasteiger partial charge in [0, 0.05) is 0 Å². The minimum absolute atomic E-state index is 0.0242. The van der Waals surface area contributed by atoms with E-state index < -0.39 is 79.2 Å². The smallest absolute Gasteiger partial charge is 0.339 e. The molecule has 3 heterocycles. The second-order valence-corrected chi connectivity index (χ2v) is 12.4. The van der Waals surface area contributed by atoms with E-state index in [1.165, 1.54) is 36.4 Å². The van der Waals surface area contributed by atoms with E-state index in [-0.39, 0.29) is 23.3 Å². The summed E-state index contributed by atoms with van der Waals surface area (Å²) in [6.45, 7) is 0.273. The maximum atomic E-state index is 13.7. The van der Waals surface area contributed by atoms with Crippen LogP contribution in [0.4, 0.5) is 0 Å². The molecule has 4 aromatic carbocycles. The number of carbonyl (C=O) groups is 4. The first-order chi connectivity index (χ1) is 25.9. The molecule has 3 fully saturated rings. The lowest BCUT2D eigenvalue weighted by atomic mass is 9.97. The Kier molecular flexibility index (Phi) is 11.2. The SMILES string of the molecule is COC(=O)[C@H]1O[C@@H](O[C@@H]2CO[C@@H](OCc3ccccc3)[C@@H]3O[C@@H]32)[C@H](OC(=O)c2ccccc2)[C@@H](OC(=O)c2ccccc2)[C@@H]1OC(=O)c1ccccc1. The maximum Gasteiger partial charge on any atom is 0.339 e. The van der Waals surface area contributed by atoms with Gasteiger partial charge in [0.25, 0.3) is 0 Å². The number of methoxy groups -OCH3 is 1. The van der Waals surface area contributed by atoms with E-state index in [2.05, 4.69) is 0 Å². The van der Waals surface area contributed by atoms with Crippen LogP contribution in [-0.2, 0) is 54.0 Å². The van der Waals surface area contributed by atoms with Crippen molar-refractivity contribution >= 4 is 23.9 Å². The Bertz CT molecular complexity index is 1860. The minimum atomic E-state index is -1.69. The van der Waals surface area contributed by atoms with Crippen LogP contribution in [0, 0.1) is 0 Å². The van der Waals surface area contributed by atoms with E-state index >= 15 is 0 Å². The molecule has 9 atom stereocenters. The van der Waals surface area contributed by atoms with Crippen LogP contribution in [0.15, 0.2) is 121 Å². The van der Waals surface area contributed by atoms with Crippen molar-refractivity contribution in [3.8, 4) is 0 Å². The number of hydrogen-bond donors (Lipinski definition) is 0. The highest BCUT2D eigenvalue weighted by Crippen LogP contribution is 2.40. The number of carbonyl (C=O) groups excluding carboxylic acids is 4. The number of rotatable bonds is 12. The molecule has 0 aromatic heterocycles. The fourth-order valence-electron chi connectivity index (χ4n) is 6.13. The zero-order chi connectivity index (χ0) is 36.7. The summed E-state index contributed by atoms with van der Waals surface area (Å²) in [5.41, 5.74) is 1.40. The molecule has 53 heavy (non-hydrogen) atoms. The van der Waals surface area contributed by atoms with Gasteiger partial charge in [-0.15, -0.1) is 0 Å². The van der Waals surface area contributed by atoms with E-state index in [9.17, 15) is 19.2 Å². The van der Waals surface area contributed by atoms with Crippen LogP contribution in [0.5, 0.6) is 0 Å². The summed E-state index contributed by atoms with van der Waals surface area (Å²) in [6, 6.07) is 33.7. The number of esters is 4. The lowest BCUT2D eigenvalue weighted by Crippen LogP contribution is -2.64. The quantitative estimate of drug-likeness (QED) is 0.116. The van der Waals surface area contributed by atoms with Crippen molar-refractivity contribution in [3.63, 3.8) is 0 Å². The number of epoxide rings is 1. The zero-order valence-corrected chi connectivity index (χ0v) is 28.5. The third kappa shape index (κ3) is 8.46. The fourth-order valence-corrected chi connectivity index (χ4v) is 6.13. The van der Waals surface area contributed by atoms with Gasteiger partial charge < -0.3 is 42.6 Å². The third-order valence-corrected chi connectivity index (χ3v) is 8.87. The largest absolute Gasteiger partial charge is 0.467 e. The summed E-state index contributed by atoms with van der Waals surface area (Å²) in [5, 5.41) is 0. The summed E-state index contributed by atoms with van der Waals surface area (Å²) < 4.78 is 53.3. The van der Waals surface area contributed by atoms with E-state index in [0.29, 0.717) is 6.61 Å². The fraction of sp³-hybridized carbons (Fsp3) is 0.300. The summed E-state index contributed by atoms with van der Waals surface area (Å²) in [6.07, 6.45) is -10.6. The number of ether oxygens (including phenoxy) is 9. The van der Waals surface area contributed by atoms with Crippen LogP contribution < -0.4 is 0 Å². The van der Waals surface area contributed by atoms with Gasteiger partial charge in [-0.05, 0) is 42.0 Å². The third-order valence-electron chi connectivity index (χ3n) is 8.87. The van der Waals surface area contributed by atoms with E-state index in [4.69, 9.17) is 42.6 Å². The molecule has 13 nitrogen and oxygen atoms in total. The van der Waals surface area contributed by atoms with Crippen molar-refractivity contribution in [2.45, 2.75) is 61.9 Å². The summed E-state index contributed by atoms with van der Waals surface area (Å²) in [5.74, 6) is -3.51. The van der Waals surface area contributed by atoms with E-state index in [1.54, 1.807) is 54.6 Å². The Labute approximate surface area is 304 Å². The van der Waals surface area contributed by atoms with Crippen LogP contribution in [0.1, 0.15) is 36.6 Å². The molecule has 4 aromatic rings. The van der Waals surface area contributed by atoms with Gasteiger partial charge >= 0.3 is 23.9 Å². The van der Waals surface area contributed by atoms with Crippen LogP contribution in [0.25, 0.3) is 0 Å². The van der Waals surface area contributed by atoms with Gasteiger partial charge in [-0.25, -0.2) is 19.2 Å². The summed E-state index contributed by atoms with van der Waals surface area (Å²) in [7, 11) is 1.12. The van der Waals surface area contributed by atoms with Gasteiger partial charge in [-0.2, -0.15) is 0 Å². The molecule has 3 aliphatic heterocycles. The second kappa shape index (κ2) is 16.5. The lowest BCUT2D eigenvalue weighted by Gasteiger charge is -2.44. The monoisotopic (exact) mass is 724 g/mol. The normalized spacial score (nSPS) is 27.4. The lowest BCUT2D eigenvalue weighted by molar-refractivity contribution is -0.311. The Hall–Kier alpha value is -5.44. The highest BCUT2D eigenvalue weighted by Gasteiger charge is 2.60. The second-order valence-electron chi connectivity index (χ2n) is 12.4. The molecule has 0 N–H and O–H groups in total. The van der Waals surface area contributed by atoms with Crippen molar-refractivity contribution in [1.29, 1.82) is 0 Å². The standard InChI is InChI=1S/C40H36O13/c1-45-38(44)32-30(50-35(41)25-16-8-3-9-17-25)31(51-36(42)26-18-10-4-11-19-26)34(52-37(43)27-20-12-5-13-21-27)40(53-32)48-28-23-47-39(33-29(28)49-33)46-22-24-14-6-2-7-15-24/h2-21,28-34,39-40H,22-23H2,1H3/t28-,29-,30+,31+,32+,33-,34-,39-,40-/m1/s1. The van der Waals surface area contributed by atoms with Gasteiger partial charge in [0.15, 0.2) is 37.0 Å². The molecule has 0 amide bonds. The maximum absolute atomic E-state index is 13.7. The molecule has 0 aliphatic carbocycles. The predicted molar refractivity (Wildman–Crippen MR) is 182 cm³/mol. The average Bonchev–Trinajstić information content (AvgIpc) is 4.02. The average molecular weight is 725 g/mol. The highest BCUT2D eigenvalue weighted by molar-refractivity contribution is 5.91. The number of fused-ring (bicyclic) bond motifs is 1. The van der Waals surface area contributed by atoms with Crippen molar-refractivity contribution in [3.05, 3.63) is 144 Å². The molecule has 3 saturated heterocycles. The first-order valence-corrected chi connectivity index (χ1v) is 17.0. The van der Waals surface area contributed by atoms with Gasteiger partial charge in [0.05, 0.1) is 37.0 Å². The van der Waals surface area contributed by atoms with Gasteiger partial charge in [-0.1, -0.05) is 84.9 Å². The zero-order valence-electron chi connectivity index (χ0n) is 28.5. The van der Waals surface area contributed by atoms with E-state index in [1.807, 2.05) is 30.3 Å². The van der Waals surface area contributed by atoms with Crippen LogP contribution in [0.3, 0.4) is 0 Å². The van der Waals surface area contributed by atoms with Gasteiger partial charge in [0.2, 0.25) is 0 Å². The molecular weight excluding hydrogens is 688 g/mol. The molecule has 0 unspecified atom stereocenters. The molecule has 0 spiro atoms. The van der Waals surface area contributed by atoms with Gasteiger partial charge in [-0.3, -0.25) is 0 Å². The Morgan fingerprint density at radius 3 is 1.60 bits per heavy atom. The minimum Gasteiger partial charge on any atom is -0.467 e. The first kappa shape index (κ1) is 35.9. The molecule has 0 saturated carbocycles. The predicted octanol–water partition coefficient (Wildman–Crippen LogP) is 4.29. The Balaban J connectivity index is 1.19. The summed E-state index contributed by atoms with van der Waals surface area (Å²) in [4.78, 5) is 54.2. The van der Waals surface area contributed by atoms with E-state index in [0.717, 1.165) is 12.7 Å². The van der Waals surface area contributed by atoms with Crippen molar-refractivity contribution in [2.75, 3.05) is 13.7 Å². The van der Waals surface area contributed by atoms with Gasteiger partial charge in [0.1, 0.15) is 18.3 Å². The Morgan fingerprint density at radius 1 is 0.585 bits per heavy atom. The van der Waals surface area contributed by atoms with Crippen molar-refractivity contribution in [1.82, 2.24) is 0 Å². The molecule has 0 radical (unpaired) electrons. The number of benzene rings is 4. The first-order valence-electron chi connectivity index (χ1n) is 17.0. The topological polar surface area (TPSA) is 155 Å². The molecule has 3 aliphatic rings. The van der Waals surface area contributed by atoms with Crippen LogP contribution in [-0.4, -0.2) is 92.9 Å². The highest BCUT2D eigenvalue weighted by atomic mass is 16.8. The van der Waals surface area contributed by atoms with Crippen molar-refractivity contribution < 1.29 is 61.8 Å². The molecular formula is C40H36O13. The molecule has 13 heteroatoms. The molecule has 274 valence electrons.